The summed E-state index contributed by atoms with van der Waals surface area (Å²) in [6.07, 6.45) is 6.42. The quantitative estimate of drug-likeness (QED) is 0.194. The molecule has 3 aromatic carbocycles. The van der Waals surface area contributed by atoms with Crippen LogP contribution in [0.1, 0.15) is 68.1 Å². The number of rotatable bonds is 5. The van der Waals surface area contributed by atoms with Crippen LogP contribution in [0.15, 0.2) is 60.7 Å². The minimum atomic E-state index is -4.99. The fourth-order valence-corrected chi connectivity index (χ4v) is 4.87. The molecule has 1 fully saturated rings. The maximum absolute atomic E-state index is 15.1. The Hall–Kier alpha value is -3.33. The van der Waals surface area contributed by atoms with Crippen LogP contribution >= 0.6 is 0 Å². The van der Waals surface area contributed by atoms with Crippen LogP contribution in [0.2, 0.25) is 0 Å². The van der Waals surface area contributed by atoms with Gasteiger partial charge in [0.05, 0.1) is 5.56 Å². The van der Waals surface area contributed by atoms with Crippen molar-refractivity contribution in [3.63, 3.8) is 0 Å². The van der Waals surface area contributed by atoms with Crippen LogP contribution < -0.4 is 4.74 Å². The Balaban J connectivity index is 1.47. The molecule has 0 saturated heterocycles. The topological polar surface area (TPSA) is 9.23 Å². The molecule has 1 aliphatic rings. The Morgan fingerprint density at radius 1 is 0.944 bits per heavy atom. The Bertz CT molecular complexity index is 1300. The first-order valence-corrected chi connectivity index (χ1v) is 12.1. The molecule has 0 radical (unpaired) electrons. The summed E-state index contributed by atoms with van der Waals surface area (Å²) in [5.41, 5.74) is 1.47. The number of ether oxygens (including phenoxy) is 1. The molecule has 0 atom stereocenters. The summed E-state index contributed by atoms with van der Waals surface area (Å²) in [6, 6.07) is 12.1. The predicted octanol–water partition coefficient (Wildman–Crippen LogP) is 9.05. The van der Waals surface area contributed by atoms with Gasteiger partial charge in [0.25, 0.3) is 0 Å². The summed E-state index contributed by atoms with van der Waals surface area (Å²) < 4.78 is 69.6. The molecule has 0 aliphatic heterocycles. The number of fused-ring (bicyclic) bond motifs is 1. The van der Waals surface area contributed by atoms with Crippen molar-refractivity contribution in [3.05, 3.63) is 89.0 Å². The van der Waals surface area contributed by atoms with Crippen molar-refractivity contribution in [2.45, 2.75) is 57.7 Å². The Labute approximate surface area is 208 Å². The fourth-order valence-electron chi connectivity index (χ4n) is 4.87. The van der Waals surface area contributed by atoms with E-state index in [1.54, 1.807) is 12.1 Å². The number of halogens is 5. The van der Waals surface area contributed by atoms with Crippen LogP contribution in [-0.2, 0) is 0 Å². The van der Waals surface area contributed by atoms with Crippen molar-refractivity contribution in [3.8, 4) is 17.6 Å². The lowest BCUT2D eigenvalue weighted by molar-refractivity contribution is -0.275. The molecular formula is C30H27F5O. The number of hydrogen-bond acceptors (Lipinski definition) is 1. The van der Waals surface area contributed by atoms with Gasteiger partial charge < -0.3 is 4.74 Å². The molecule has 6 heteroatoms. The highest BCUT2D eigenvalue weighted by molar-refractivity contribution is 5.85. The summed E-state index contributed by atoms with van der Waals surface area (Å²) in [5, 5.41) is 1.25. The van der Waals surface area contributed by atoms with E-state index in [2.05, 4.69) is 41.7 Å². The zero-order valence-electron chi connectivity index (χ0n) is 20.0. The summed E-state index contributed by atoms with van der Waals surface area (Å²) in [7, 11) is 0. The van der Waals surface area contributed by atoms with Crippen LogP contribution in [0.4, 0.5) is 22.0 Å². The monoisotopic (exact) mass is 498 g/mol. The SMILES string of the molecule is C/C=C/CCC1CCC(c2ccc3c(F)c(C#Cc4ccc(OC(F)(F)F)c(F)c4)ccc3c2)CC1. The van der Waals surface area contributed by atoms with Crippen molar-refractivity contribution >= 4 is 10.8 Å². The number of alkyl halides is 3. The van der Waals surface area contributed by atoms with E-state index in [0.29, 0.717) is 11.3 Å². The molecule has 0 N–H and O–H groups in total. The van der Waals surface area contributed by atoms with Crippen molar-refractivity contribution in [2.24, 2.45) is 5.92 Å². The minimum Gasteiger partial charge on any atom is -0.403 e. The molecular weight excluding hydrogens is 471 g/mol. The van der Waals surface area contributed by atoms with Crippen LogP contribution in [0.25, 0.3) is 10.8 Å². The largest absolute Gasteiger partial charge is 0.573 e. The summed E-state index contributed by atoms with van der Waals surface area (Å²) in [6.45, 7) is 2.05. The third-order valence-corrected chi connectivity index (χ3v) is 6.77. The van der Waals surface area contributed by atoms with Crippen LogP contribution in [0.5, 0.6) is 5.75 Å². The summed E-state index contributed by atoms with van der Waals surface area (Å²) in [4.78, 5) is 0. The van der Waals surface area contributed by atoms with Crippen molar-refractivity contribution < 1.29 is 26.7 Å². The Kier molecular flexibility index (Phi) is 7.98. The first-order chi connectivity index (χ1) is 17.2. The lowest BCUT2D eigenvalue weighted by Gasteiger charge is -2.28. The zero-order chi connectivity index (χ0) is 25.7. The van der Waals surface area contributed by atoms with Gasteiger partial charge in [-0.3, -0.25) is 0 Å². The maximum Gasteiger partial charge on any atom is 0.573 e. The third kappa shape index (κ3) is 6.46. The van der Waals surface area contributed by atoms with E-state index in [1.807, 2.05) is 12.1 Å². The van der Waals surface area contributed by atoms with Gasteiger partial charge in [0.1, 0.15) is 5.82 Å². The van der Waals surface area contributed by atoms with Crippen molar-refractivity contribution in [1.29, 1.82) is 0 Å². The van der Waals surface area contributed by atoms with Gasteiger partial charge in [-0.15, -0.1) is 13.2 Å². The van der Waals surface area contributed by atoms with Crippen LogP contribution in [0.3, 0.4) is 0 Å². The highest BCUT2D eigenvalue weighted by atomic mass is 19.4. The molecule has 0 amide bonds. The van der Waals surface area contributed by atoms with Gasteiger partial charge in [0, 0.05) is 10.9 Å². The molecule has 1 saturated carbocycles. The van der Waals surface area contributed by atoms with Gasteiger partial charge in [-0.2, -0.15) is 0 Å². The smallest absolute Gasteiger partial charge is 0.403 e. The number of hydrogen-bond donors (Lipinski definition) is 0. The molecule has 0 spiro atoms. The van der Waals surface area contributed by atoms with Crippen molar-refractivity contribution in [2.75, 3.05) is 0 Å². The van der Waals surface area contributed by atoms with E-state index in [1.165, 1.54) is 30.9 Å². The van der Waals surface area contributed by atoms with Gasteiger partial charge in [-0.25, -0.2) is 8.78 Å². The second kappa shape index (κ2) is 11.2. The molecule has 0 heterocycles. The van der Waals surface area contributed by atoms with E-state index in [0.717, 1.165) is 42.7 Å². The van der Waals surface area contributed by atoms with Crippen LogP contribution in [0, 0.1) is 29.4 Å². The zero-order valence-corrected chi connectivity index (χ0v) is 20.0. The highest BCUT2D eigenvalue weighted by Crippen LogP contribution is 2.38. The molecule has 1 aliphatic carbocycles. The van der Waals surface area contributed by atoms with Gasteiger partial charge in [-0.1, -0.05) is 48.3 Å². The van der Waals surface area contributed by atoms with Crippen molar-refractivity contribution in [1.82, 2.24) is 0 Å². The minimum absolute atomic E-state index is 0.109. The lowest BCUT2D eigenvalue weighted by atomic mass is 9.77. The molecule has 0 aromatic heterocycles. The van der Waals surface area contributed by atoms with E-state index < -0.39 is 23.7 Å². The molecule has 0 unspecified atom stereocenters. The van der Waals surface area contributed by atoms with E-state index in [-0.39, 0.29) is 11.1 Å². The Morgan fingerprint density at radius 3 is 2.42 bits per heavy atom. The summed E-state index contributed by atoms with van der Waals surface area (Å²) in [5.74, 6) is 3.92. The number of allylic oxidation sites excluding steroid dienone is 2. The van der Waals surface area contributed by atoms with Gasteiger partial charge in [0.2, 0.25) is 0 Å². The fraction of sp³-hybridized carbons (Fsp3) is 0.333. The van der Waals surface area contributed by atoms with Gasteiger partial charge in [0.15, 0.2) is 11.6 Å². The first kappa shape index (κ1) is 25.8. The molecule has 4 rings (SSSR count). The van der Waals surface area contributed by atoms with E-state index in [4.69, 9.17) is 0 Å². The van der Waals surface area contributed by atoms with Gasteiger partial charge >= 0.3 is 6.36 Å². The number of benzene rings is 3. The molecule has 188 valence electrons. The predicted molar refractivity (Wildman–Crippen MR) is 132 cm³/mol. The Morgan fingerprint density at radius 2 is 1.72 bits per heavy atom. The normalized spacial score (nSPS) is 18.3. The van der Waals surface area contributed by atoms with E-state index in [9.17, 15) is 17.6 Å². The second-order valence-electron chi connectivity index (χ2n) is 9.21. The summed E-state index contributed by atoms with van der Waals surface area (Å²) >= 11 is 0. The maximum atomic E-state index is 15.1. The van der Waals surface area contributed by atoms with E-state index >= 15 is 4.39 Å². The standard InChI is InChI=1S/C30H27F5O/c1-2-3-4-5-20-6-10-22(11-7-20)24-15-16-26-25(19-24)14-13-23(29(26)32)12-8-21-9-17-28(27(31)18-21)36-30(33,34)35/h2-3,9,13-20,22H,4-7,10-11H2,1H3/b3-2+. The average Bonchev–Trinajstić information content (AvgIpc) is 2.85. The second-order valence-corrected chi connectivity index (χ2v) is 9.21. The highest BCUT2D eigenvalue weighted by Gasteiger charge is 2.32. The van der Waals surface area contributed by atoms with Gasteiger partial charge in [-0.05, 0) is 92.5 Å². The first-order valence-electron chi connectivity index (χ1n) is 12.1. The third-order valence-electron chi connectivity index (χ3n) is 6.77. The molecule has 3 aromatic rings. The molecule has 1 nitrogen and oxygen atoms in total. The lowest BCUT2D eigenvalue weighted by Crippen LogP contribution is -2.17. The van der Waals surface area contributed by atoms with Crippen LogP contribution in [-0.4, -0.2) is 6.36 Å². The average molecular weight is 499 g/mol. The molecule has 0 bridgehead atoms. The molecule has 36 heavy (non-hydrogen) atoms.